The van der Waals surface area contributed by atoms with Gasteiger partial charge in [-0.2, -0.15) is 23.4 Å². The molecular weight excluding hydrogens is 420 g/mol. The Hall–Kier alpha value is -2.95. The molecule has 6 nitrogen and oxygen atoms in total. The van der Waals surface area contributed by atoms with Crippen molar-refractivity contribution in [1.29, 1.82) is 0 Å². The van der Waals surface area contributed by atoms with E-state index in [1.165, 1.54) is 16.8 Å². The van der Waals surface area contributed by atoms with E-state index in [9.17, 15) is 17.6 Å². The highest BCUT2D eigenvalue weighted by Crippen LogP contribution is 2.28. The molecule has 0 spiro atoms. The maximum atomic E-state index is 13.0. The maximum absolute atomic E-state index is 13.0. The molecule has 1 aromatic carbocycles. The van der Waals surface area contributed by atoms with Gasteiger partial charge in [-0.15, -0.1) is 0 Å². The Morgan fingerprint density at radius 1 is 1.20 bits per heavy atom. The molecule has 0 saturated carbocycles. The second-order valence-electron chi connectivity index (χ2n) is 6.68. The third-order valence-electron chi connectivity index (χ3n) is 4.25. The van der Waals surface area contributed by atoms with Gasteiger partial charge >= 0.3 is 6.18 Å². The lowest BCUT2D eigenvalue weighted by molar-refractivity contribution is -0.141. The van der Waals surface area contributed by atoms with Crippen LogP contribution in [0.5, 0.6) is 0 Å². The monoisotopic (exact) mass is 440 g/mol. The number of halogens is 4. The minimum absolute atomic E-state index is 0.290. The van der Waals surface area contributed by atoms with Crippen LogP contribution in [0, 0.1) is 12.7 Å². The molecule has 0 radical (unpaired) electrons. The van der Waals surface area contributed by atoms with Crippen molar-refractivity contribution in [2.24, 2.45) is 0 Å². The molecule has 0 fully saturated rings. The first-order valence-electron chi connectivity index (χ1n) is 9.14. The topological polar surface area (TPSA) is 59.7 Å². The Kier molecular flexibility index (Phi) is 6.70. The van der Waals surface area contributed by atoms with Gasteiger partial charge in [-0.1, -0.05) is 12.1 Å². The van der Waals surface area contributed by atoms with E-state index in [1.807, 2.05) is 0 Å². The van der Waals surface area contributed by atoms with Gasteiger partial charge in [-0.3, -0.25) is 9.36 Å². The van der Waals surface area contributed by atoms with Crippen molar-refractivity contribution in [2.75, 3.05) is 11.9 Å². The molecule has 0 aliphatic heterocycles. The number of nitrogens with one attached hydrogen (secondary N) is 2. The highest BCUT2D eigenvalue weighted by molar-refractivity contribution is 7.80. The Bertz CT molecular complexity index is 993. The van der Waals surface area contributed by atoms with Crippen molar-refractivity contribution in [3.63, 3.8) is 0 Å². The number of aryl methyl sites for hydroxylation is 2. The highest BCUT2D eigenvalue weighted by atomic mass is 32.1. The summed E-state index contributed by atoms with van der Waals surface area (Å²) in [7, 11) is 0. The van der Waals surface area contributed by atoms with Gasteiger partial charge < -0.3 is 10.6 Å². The third-order valence-corrected chi connectivity index (χ3v) is 4.50. The molecule has 160 valence electrons. The summed E-state index contributed by atoms with van der Waals surface area (Å²) < 4.78 is 54.0. The van der Waals surface area contributed by atoms with Gasteiger partial charge in [0.1, 0.15) is 5.82 Å². The number of anilines is 1. The minimum atomic E-state index is -4.44. The van der Waals surface area contributed by atoms with Crippen LogP contribution < -0.4 is 10.6 Å². The summed E-state index contributed by atoms with van der Waals surface area (Å²) >= 11 is 5.23. The lowest BCUT2D eigenvalue weighted by Crippen LogP contribution is -2.29. The molecule has 0 atom stereocenters. The predicted molar refractivity (Wildman–Crippen MR) is 109 cm³/mol. The molecule has 0 saturated heterocycles. The summed E-state index contributed by atoms with van der Waals surface area (Å²) in [6.07, 6.45) is -0.515. The average Bonchev–Trinajstić information content (AvgIpc) is 3.27. The molecule has 3 aromatic rings. The lowest BCUT2D eigenvalue weighted by Gasteiger charge is -2.09. The first-order valence-corrected chi connectivity index (χ1v) is 9.55. The maximum Gasteiger partial charge on any atom is 0.435 e. The van der Waals surface area contributed by atoms with Gasteiger partial charge in [0, 0.05) is 25.0 Å². The van der Waals surface area contributed by atoms with Gasteiger partial charge in [-0.05, 0) is 49.3 Å². The van der Waals surface area contributed by atoms with Gasteiger partial charge in [0.15, 0.2) is 10.8 Å². The fraction of sp³-hybridized carbons (Fsp3) is 0.316. The van der Waals surface area contributed by atoms with Gasteiger partial charge in [-0.25, -0.2) is 4.39 Å². The number of aromatic nitrogens is 4. The number of rotatable bonds is 7. The second kappa shape index (κ2) is 9.24. The van der Waals surface area contributed by atoms with Crippen molar-refractivity contribution in [2.45, 2.75) is 32.6 Å². The van der Waals surface area contributed by atoms with Crippen LogP contribution in [0.4, 0.5) is 23.2 Å². The SMILES string of the molecule is Cc1cc(C(F)(F)F)nn1CCCNC(=S)Nc1cnn(Cc2ccc(F)cc2)c1. The first-order chi connectivity index (χ1) is 14.2. The van der Waals surface area contributed by atoms with E-state index in [2.05, 4.69) is 20.8 Å². The number of nitrogens with zero attached hydrogens (tertiary/aromatic N) is 4. The lowest BCUT2D eigenvalue weighted by atomic mass is 10.2. The smallest absolute Gasteiger partial charge is 0.362 e. The molecule has 0 bridgehead atoms. The van der Waals surface area contributed by atoms with Crippen LogP contribution in [0.25, 0.3) is 0 Å². The second-order valence-corrected chi connectivity index (χ2v) is 7.09. The molecule has 0 amide bonds. The summed E-state index contributed by atoms with van der Waals surface area (Å²) in [6, 6.07) is 7.20. The molecule has 2 aromatic heterocycles. The number of hydrogen-bond donors (Lipinski definition) is 2. The largest absolute Gasteiger partial charge is 0.435 e. The average molecular weight is 440 g/mol. The van der Waals surface area contributed by atoms with Crippen LogP contribution in [0.2, 0.25) is 0 Å². The van der Waals surface area contributed by atoms with Crippen molar-refractivity contribution in [1.82, 2.24) is 24.9 Å². The van der Waals surface area contributed by atoms with Crippen molar-refractivity contribution in [3.8, 4) is 0 Å². The van der Waals surface area contributed by atoms with Crippen LogP contribution in [0.1, 0.15) is 23.4 Å². The minimum Gasteiger partial charge on any atom is -0.362 e. The van der Waals surface area contributed by atoms with E-state index in [0.717, 1.165) is 11.6 Å². The van der Waals surface area contributed by atoms with Gasteiger partial charge in [0.2, 0.25) is 0 Å². The van der Waals surface area contributed by atoms with Gasteiger partial charge in [0.25, 0.3) is 0 Å². The molecule has 0 aliphatic carbocycles. The normalized spacial score (nSPS) is 11.5. The van der Waals surface area contributed by atoms with E-state index in [4.69, 9.17) is 12.2 Å². The summed E-state index contributed by atoms with van der Waals surface area (Å²) in [4.78, 5) is 0. The van der Waals surface area contributed by atoms with Crippen LogP contribution in [0.15, 0.2) is 42.7 Å². The van der Waals surface area contributed by atoms with Crippen LogP contribution in [-0.4, -0.2) is 31.2 Å². The third kappa shape index (κ3) is 6.02. The number of alkyl halides is 3. The summed E-state index contributed by atoms with van der Waals surface area (Å²) in [6.45, 7) is 2.89. The summed E-state index contributed by atoms with van der Waals surface area (Å²) in [5.74, 6) is -0.290. The quantitative estimate of drug-likeness (QED) is 0.331. The molecule has 0 unspecified atom stereocenters. The van der Waals surface area contributed by atoms with Crippen molar-refractivity contribution < 1.29 is 17.6 Å². The van der Waals surface area contributed by atoms with E-state index < -0.39 is 11.9 Å². The number of benzene rings is 1. The van der Waals surface area contributed by atoms with Crippen LogP contribution in [0.3, 0.4) is 0 Å². The van der Waals surface area contributed by atoms with E-state index in [0.29, 0.717) is 42.5 Å². The van der Waals surface area contributed by atoms with Crippen molar-refractivity contribution >= 4 is 23.0 Å². The molecule has 3 rings (SSSR count). The van der Waals surface area contributed by atoms with Crippen LogP contribution >= 0.6 is 12.2 Å². The Morgan fingerprint density at radius 3 is 2.60 bits per heavy atom. The zero-order chi connectivity index (χ0) is 21.7. The number of thiocarbonyl (C=S) groups is 1. The predicted octanol–water partition coefficient (Wildman–Crippen LogP) is 3.97. The molecule has 11 heteroatoms. The molecule has 2 N–H and O–H groups in total. The highest BCUT2D eigenvalue weighted by Gasteiger charge is 2.34. The standard InChI is InChI=1S/C19H20F4N6S/c1-13-9-17(19(21,22)23)27-29(13)8-2-7-24-18(30)26-16-10-25-28(12-16)11-14-3-5-15(20)6-4-14/h3-6,9-10,12H,2,7-8,11H2,1H3,(H2,24,26,30). The van der Waals surface area contributed by atoms with E-state index in [-0.39, 0.29) is 5.82 Å². The van der Waals surface area contributed by atoms with Crippen molar-refractivity contribution in [3.05, 3.63) is 65.5 Å². The molecular formula is C19H20F4N6S. The Morgan fingerprint density at radius 2 is 1.93 bits per heavy atom. The van der Waals surface area contributed by atoms with Gasteiger partial charge in [0.05, 0.1) is 18.4 Å². The fourth-order valence-electron chi connectivity index (χ4n) is 2.77. The fourth-order valence-corrected chi connectivity index (χ4v) is 2.99. The molecule has 0 aliphatic rings. The zero-order valence-electron chi connectivity index (χ0n) is 16.1. The zero-order valence-corrected chi connectivity index (χ0v) is 16.9. The summed E-state index contributed by atoms with van der Waals surface area (Å²) in [5.41, 5.74) is 1.17. The van der Waals surface area contributed by atoms with Crippen LogP contribution in [-0.2, 0) is 19.3 Å². The molecule has 30 heavy (non-hydrogen) atoms. The number of hydrogen-bond acceptors (Lipinski definition) is 3. The Labute approximate surface area is 175 Å². The molecule has 2 heterocycles. The summed E-state index contributed by atoms with van der Waals surface area (Å²) in [5, 5.41) is 14.2. The van der Waals surface area contributed by atoms with E-state index in [1.54, 1.807) is 36.1 Å². The Balaban J connectivity index is 1.41. The van der Waals surface area contributed by atoms with E-state index >= 15 is 0 Å². The first kappa shape index (κ1) is 21.8.